The van der Waals surface area contributed by atoms with Gasteiger partial charge in [-0.1, -0.05) is 0 Å². The number of hydrogen-bond donors (Lipinski definition) is 1. The van der Waals surface area contributed by atoms with E-state index in [9.17, 15) is 0 Å². The van der Waals surface area contributed by atoms with Crippen LogP contribution in [0.5, 0.6) is 0 Å². The fourth-order valence-corrected chi connectivity index (χ4v) is 1.22. The summed E-state index contributed by atoms with van der Waals surface area (Å²) in [7, 11) is 0. The lowest BCUT2D eigenvalue weighted by Crippen LogP contribution is -2.06. The molecule has 4 heteroatoms. The fraction of sp³-hybridized carbons (Fsp3) is 0.600. The van der Waals surface area contributed by atoms with Crippen molar-refractivity contribution in [2.24, 2.45) is 0 Å². The van der Waals surface area contributed by atoms with Crippen LogP contribution < -0.4 is 5.32 Å². The number of hydrogen-bond acceptors (Lipinski definition) is 3. The number of nitrogens with zero attached hydrogens (tertiary/aromatic N) is 2. The van der Waals surface area contributed by atoms with Crippen LogP contribution in [0.1, 0.15) is 25.3 Å². The Kier molecular flexibility index (Phi) is 4.66. The summed E-state index contributed by atoms with van der Waals surface area (Å²) in [6.45, 7) is 4.85. The summed E-state index contributed by atoms with van der Waals surface area (Å²) < 4.78 is 0. The Bertz CT molecular complexity index is 259. The summed E-state index contributed by atoms with van der Waals surface area (Å²) in [6.07, 6.45) is 5.67. The molecule has 78 valence electrons. The predicted octanol–water partition coefficient (Wildman–Crippen LogP) is 2.60. The molecular formula is C10H16ClN3. The molecule has 0 bridgehead atoms. The second-order valence-electron chi connectivity index (χ2n) is 3.43. The average molecular weight is 214 g/mol. The van der Waals surface area contributed by atoms with Crippen molar-refractivity contribution < 1.29 is 0 Å². The van der Waals surface area contributed by atoms with Gasteiger partial charge in [0, 0.05) is 24.3 Å². The molecular weight excluding hydrogens is 198 g/mol. The number of alkyl halides is 1. The van der Waals surface area contributed by atoms with Crippen molar-refractivity contribution in [1.29, 1.82) is 0 Å². The Morgan fingerprint density at radius 3 is 2.64 bits per heavy atom. The van der Waals surface area contributed by atoms with Crippen molar-refractivity contribution >= 4 is 17.5 Å². The van der Waals surface area contributed by atoms with Crippen LogP contribution in [0.15, 0.2) is 12.4 Å². The van der Waals surface area contributed by atoms with Crippen molar-refractivity contribution in [3.8, 4) is 0 Å². The molecule has 0 aliphatic heterocycles. The van der Waals surface area contributed by atoms with Gasteiger partial charge >= 0.3 is 0 Å². The van der Waals surface area contributed by atoms with Gasteiger partial charge in [-0.3, -0.25) is 0 Å². The number of halogens is 1. The zero-order valence-corrected chi connectivity index (χ0v) is 9.38. The number of rotatable bonds is 5. The highest BCUT2D eigenvalue weighted by molar-refractivity contribution is 6.20. The first-order valence-corrected chi connectivity index (χ1v) is 5.28. The van der Waals surface area contributed by atoms with Crippen LogP contribution in [0.2, 0.25) is 0 Å². The second-order valence-corrected chi connectivity index (χ2v) is 4.18. The van der Waals surface area contributed by atoms with E-state index in [2.05, 4.69) is 15.3 Å². The minimum atomic E-state index is 0.246. The lowest BCUT2D eigenvalue weighted by molar-refractivity contribution is 0.747. The van der Waals surface area contributed by atoms with Crippen LogP contribution in [0.3, 0.4) is 0 Å². The number of anilines is 1. The summed E-state index contributed by atoms with van der Waals surface area (Å²) in [4.78, 5) is 8.28. The summed E-state index contributed by atoms with van der Waals surface area (Å²) in [5.74, 6) is 0.692. The van der Waals surface area contributed by atoms with Crippen LogP contribution in [0, 0.1) is 6.92 Å². The molecule has 0 aliphatic rings. The molecule has 14 heavy (non-hydrogen) atoms. The minimum absolute atomic E-state index is 0.246. The Morgan fingerprint density at radius 2 is 2.07 bits per heavy atom. The van der Waals surface area contributed by atoms with E-state index in [1.54, 1.807) is 12.4 Å². The molecule has 0 spiro atoms. The van der Waals surface area contributed by atoms with Crippen LogP contribution in [0.4, 0.5) is 5.95 Å². The minimum Gasteiger partial charge on any atom is -0.354 e. The standard InChI is InChI=1S/C10H16ClN3/c1-8-6-13-10(14-7-8)12-5-3-4-9(2)11/h6-7,9H,3-5H2,1-2H3,(H,12,13,14). The van der Waals surface area contributed by atoms with Gasteiger partial charge in [0.2, 0.25) is 5.95 Å². The molecule has 0 amide bonds. The normalized spacial score (nSPS) is 12.5. The highest BCUT2D eigenvalue weighted by Gasteiger charge is 1.97. The largest absolute Gasteiger partial charge is 0.354 e. The van der Waals surface area contributed by atoms with E-state index in [4.69, 9.17) is 11.6 Å². The van der Waals surface area contributed by atoms with Gasteiger partial charge < -0.3 is 5.32 Å². The third-order valence-electron chi connectivity index (χ3n) is 1.84. The maximum Gasteiger partial charge on any atom is 0.222 e. The Morgan fingerprint density at radius 1 is 1.43 bits per heavy atom. The van der Waals surface area contributed by atoms with Crippen LogP contribution >= 0.6 is 11.6 Å². The maximum absolute atomic E-state index is 5.82. The first-order chi connectivity index (χ1) is 6.68. The lowest BCUT2D eigenvalue weighted by atomic mass is 10.2. The smallest absolute Gasteiger partial charge is 0.222 e. The molecule has 1 N–H and O–H groups in total. The van der Waals surface area contributed by atoms with Crippen molar-refractivity contribution in [3.05, 3.63) is 18.0 Å². The van der Waals surface area contributed by atoms with Crippen molar-refractivity contribution in [3.63, 3.8) is 0 Å². The van der Waals surface area contributed by atoms with Crippen molar-refractivity contribution in [2.45, 2.75) is 32.1 Å². The van der Waals surface area contributed by atoms with E-state index in [1.165, 1.54) is 0 Å². The molecule has 3 nitrogen and oxygen atoms in total. The summed E-state index contributed by atoms with van der Waals surface area (Å²) in [6, 6.07) is 0. The van der Waals surface area contributed by atoms with Gasteiger partial charge in [0.1, 0.15) is 0 Å². The van der Waals surface area contributed by atoms with Gasteiger partial charge in [-0.2, -0.15) is 0 Å². The summed E-state index contributed by atoms with van der Waals surface area (Å²) in [5.41, 5.74) is 1.07. The quantitative estimate of drug-likeness (QED) is 0.604. The molecule has 0 aromatic carbocycles. The first-order valence-electron chi connectivity index (χ1n) is 4.85. The van der Waals surface area contributed by atoms with E-state index in [1.807, 2.05) is 13.8 Å². The third-order valence-corrected chi connectivity index (χ3v) is 2.06. The Balaban J connectivity index is 2.21. The maximum atomic E-state index is 5.82. The van der Waals surface area contributed by atoms with Gasteiger partial charge in [0.15, 0.2) is 0 Å². The second kappa shape index (κ2) is 5.81. The molecule has 0 fully saturated rings. The van der Waals surface area contributed by atoms with Crippen LogP contribution in [0.25, 0.3) is 0 Å². The Labute approximate surface area is 89.9 Å². The predicted molar refractivity (Wildman–Crippen MR) is 59.8 cm³/mol. The van der Waals surface area contributed by atoms with Gasteiger partial charge in [-0.15, -0.1) is 11.6 Å². The van der Waals surface area contributed by atoms with Gasteiger partial charge in [0.25, 0.3) is 0 Å². The van der Waals surface area contributed by atoms with Gasteiger partial charge in [-0.25, -0.2) is 9.97 Å². The zero-order valence-electron chi connectivity index (χ0n) is 8.63. The summed E-state index contributed by atoms with van der Waals surface area (Å²) in [5, 5.41) is 3.39. The third kappa shape index (κ3) is 4.42. The van der Waals surface area contributed by atoms with E-state index in [-0.39, 0.29) is 5.38 Å². The van der Waals surface area contributed by atoms with Crippen molar-refractivity contribution in [1.82, 2.24) is 9.97 Å². The molecule has 0 aliphatic carbocycles. The van der Waals surface area contributed by atoms with Gasteiger partial charge in [-0.05, 0) is 32.3 Å². The highest BCUT2D eigenvalue weighted by atomic mass is 35.5. The molecule has 0 radical (unpaired) electrons. The zero-order chi connectivity index (χ0) is 10.4. The van der Waals surface area contributed by atoms with Crippen molar-refractivity contribution in [2.75, 3.05) is 11.9 Å². The molecule has 0 saturated carbocycles. The van der Waals surface area contributed by atoms with E-state index in [0.717, 1.165) is 24.9 Å². The van der Waals surface area contributed by atoms with E-state index in [0.29, 0.717) is 5.95 Å². The lowest BCUT2D eigenvalue weighted by Gasteiger charge is -2.05. The molecule has 1 unspecified atom stereocenters. The topological polar surface area (TPSA) is 37.8 Å². The van der Waals surface area contributed by atoms with E-state index >= 15 is 0 Å². The summed E-state index contributed by atoms with van der Waals surface area (Å²) >= 11 is 5.82. The molecule has 1 heterocycles. The van der Waals surface area contributed by atoms with Crippen LogP contribution in [-0.4, -0.2) is 21.9 Å². The number of aryl methyl sites for hydroxylation is 1. The SMILES string of the molecule is Cc1cnc(NCCCC(C)Cl)nc1. The fourth-order valence-electron chi connectivity index (χ4n) is 1.07. The molecule has 1 aromatic rings. The van der Waals surface area contributed by atoms with Gasteiger partial charge in [0.05, 0.1) is 0 Å². The average Bonchev–Trinajstić information content (AvgIpc) is 2.15. The molecule has 1 atom stereocenters. The molecule has 0 saturated heterocycles. The Hall–Kier alpha value is -0.830. The van der Waals surface area contributed by atoms with E-state index < -0.39 is 0 Å². The highest BCUT2D eigenvalue weighted by Crippen LogP contribution is 2.04. The van der Waals surface area contributed by atoms with Crippen LogP contribution in [-0.2, 0) is 0 Å². The number of nitrogens with one attached hydrogen (secondary N) is 1. The monoisotopic (exact) mass is 213 g/mol. The number of aromatic nitrogens is 2. The molecule has 1 aromatic heterocycles. The first kappa shape index (κ1) is 11.2. The molecule has 1 rings (SSSR count).